The van der Waals surface area contributed by atoms with Gasteiger partial charge in [-0.05, 0) is 50.2 Å². The highest BCUT2D eigenvalue weighted by molar-refractivity contribution is 7.08. The molecular formula is C15H18N4O2S. The molecule has 116 valence electrons. The summed E-state index contributed by atoms with van der Waals surface area (Å²) in [5.74, 6) is 0.600. The molecule has 0 unspecified atom stereocenters. The molecule has 1 aliphatic carbocycles. The van der Waals surface area contributed by atoms with Gasteiger partial charge in [0.25, 0.3) is 5.91 Å². The zero-order valence-electron chi connectivity index (χ0n) is 12.4. The van der Waals surface area contributed by atoms with Crippen LogP contribution in [0, 0.1) is 6.92 Å². The molecule has 2 heterocycles. The molecule has 2 aromatic heterocycles. The Morgan fingerprint density at radius 3 is 2.77 bits per heavy atom. The first-order chi connectivity index (χ1) is 10.7. The molecule has 0 radical (unpaired) electrons. The Kier molecular flexibility index (Phi) is 4.62. The molecule has 1 fully saturated rings. The van der Waals surface area contributed by atoms with E-state index < -0.39 is 0 Å². The molecule has 1 saturated carbocycles. The van der Waals surface area contributed by atoms with Crippen molar-refractivity contribution in [3.8, 4) is 5.88 Å². The average Bonchev–Trinajstić information content (AvgIpc) is 2.96. The fourth-order valence-corrected chi connectivity index (χ4v) is 3.16. The molecule has 1 N–H and O–H groups in total. The summed E-state index contributed by atoms with van der Waals surface area (Å²) < 4.78 is 9.66. The van der Waals surface area contributed by atoms with Gasteiger partial charge >= 0.3 is 0 Å². The highest BCUT2D eigenvalue weighted by Crippen LogP contribution is 2.23. The smallest absolute Gasteiger partial charge is 0.265 e. The Balaban J connectivity index is 1.48. The van der Waals surface area contributed by atoms with Gasteiger partial charge in [-0.1, -0.05) is 10.6 Å². The van der Waals surface area contributed by atoms with Crippen LogP contribution in [0.1, 0.15) is 41.0 Å². The fraction of sp³-hybridized carbons (Fsp3) is 0.467. The second-order valence-electron chi connectivity index (χ2n) is 5.42. The molecule has 0 saturated heterocycles. The number of pyridine rings is 1. The number of amides is 1. The maximum Gasteiger partial charge on any atom is 0.265 e. The number of aryl methyl sites for hydroxylation is 1. The van der Waals surface area contributed by atoms with E-state index in [1.165, 1.54) is 0 Å². The number of ether oxygens (including phenoxy) is 1. The summed E-state index contributed by atoms with van der Waals surface area (Å²) in [5.41, 5.74) is 0.690. The lowest BCUT2D eigenvalue weighted by Crippen LogP contribution is -2.39. The summed E-state index contributed by atoms with van der Waals surface area (Å²) in [6.45, 7) is 1.80. The highest BCUT2D eigenvalue weighted by atomic mass is 32.1. The van der Waals surface area contributed by atoms with Crippen LogP contribution < -0.4 is 10.1 Å². The minimum Gasteiger partial charge on any atom is -0.474 e. The predicted octanol–water partition coefficient (Wildman–Crippen LogP) is 2.36. The third-order valence-electron chi connectivity index (χ3n) is 3.79. The van der Waals surface area contributed by atoms with Gasteiger partial charge in [0.05, 0.1) is 5.69 Å². The minimum atomic E-state index is -0.0680. The van der Waals surface area contributed by atoms with Gasteiger partial charge in [-0.2, -0.15) is 0 Å². The van der Waals surface area contributed by atoms with Gasteiger partial charge in [-0.25, -0.2) is 4.98 Å². The predicted molar refractivity (Wildman–Crippen MR) is 83.0 cm³/mol. The van der Waals surface area contributed by atoms with Crippen LogP contribution in [-0.4, -0.2) is 32.6 Å². The summed E-state index contributed by atoms with van der Waals surface area (Å²) in [6.07, 6.45) is 5.56. The van der Waals surface area contributed by atoms with Crippen molar-refractivity contribution in [1.29, 1.82) is 0 Å². The molecule has 3 rings (SSSR count). The molecule has 2 aromatic rings. The van der Waals surface area contributed by atoms with Crippen molar-refractivity contribution in [2.75, 3.05) is 0 Å². The largest absolute Gasteiger partial charge is 0.474 e. The van der Waals surface area contributed by atoms with E-state index in [4.69, 9.17) is 4.74 Å². The van der Waals surface area contributed by atoms with Crippen molar-refractivity contribution in [1.82, 2.24) is 19.9 Å². The molecule has 1 aliphatic rings. The number of carbonyl (C=O) groups is 1. The molecule has 0 aliphatic heterocycles. The number of nitrogens with one attached hydrogen (secondary N) is 1. The third-order valence-corrected chi connectivity index (χ3v) is 4.62. The van der Waals surface area contributed by atoms with E-state index in [1.54, 1.807) is 13.1 Å². The minimum absolute atomic E-state index is 0.0680. The van der Waals surface area contributed by atoms with Gasteiger partial charge < -0.3 is 10.1 Å². The number of carbonyl (C=O) groups excluding carboxylic acids is 1. The van der Waals surface area contributed by atoms with Crippen molar-refractivity contribution >= 4 is 17.4 Å². The number of nitrogens with zero attached hydrogens (tertiary/aromatic N) is 3. The zero-order valence-corrected chi connectivity index (χ0v) is 13.2. The highest BCUT2D eigenvalue weighted by Gasteiger charge is 2.25. The van der Waals surface area contributed by atoms with Gasteiger partial charge in [0.1, 0.15) is 11.0 Å². The van der Waals surface area contributed by atoms with Crippen LogP contribution in [0.25, 0.3) is 0 Å². The molecule has 0 aromatic carbocycles. The first-order valence-electron chi connectivity index (χ1n) is 7.40. The Bertz CT molecular complexity index is 623. The summed E-state index contributed by atoms with van der Waals surface area (Å²) in [4.78, 5) is 16.9. The van der Waals surface area contributed by atoms with E-state index in [9.17, 15) is 4.79 Å². The van der Waals surface area contributed by atoms with Crippen LogP contribution in [0.5, 0.6) is 5.88 Å². The first-order valence-corrected chi connectivity index (χ1v) is 8.17. The molecule has 0 spiro atoms. The Morgan fingerprint density at radius 1 is 1.32 bits per heavy atom. The number of hydrogen-bond donors (Lipinski definition) is 1. The van der Waals surface area contributed by atoms with Crippen LogP contribution in [0.4, 0.5) is 0 Å². The quantitative estimate of drug-likeness (QED) is 0.936. The number of rotatable bonds is 4. The van der Waals surface area contributed by atoms with Crippen LogP contribution in [0.15, 0.2) is 24.4 Å². The average molecular weight is 318 g/mol. The number of hydrogen-bond acceptors (Lipinski definition) is 6. The van der Waals surface area contributed by atoms with E-state index in [2.05, 4.69) is 19.9 Å². The van der Waals surface area contributed by atoms with Gasteiger partial charge in [0.2, 0.25) is 5.88 Å². The lowest BCUT2D eigenvalue weighted by molar-refractivity contribution is 0.0893. The van der Waals surface area contributed by atoms with Crippen LogP contribution in [-0.2, 0) is 0 Å². The van der Waals surface area contributed by atoms with Crippen molar-refractivity contribution in [3.63, 3.8) is 0 Å². The maximum atomic E-state index is 12.1. The van der Waals surface area contributed by atoms with Crippen molar-refractivity contribution < 1.29 is 9.53 Å². The molecule has 22 heavy (non-hydrogen) atoms. The molecule has 1 amide bonds. The Labute approximate surface area is 133 Å². The zero-order chi connectivity index (χ0) is 15.4. The van der Waals surface area contributed by atoms with E-state index in [0.717, 1.165) is 37.2 Å². The third kappa shape index (κ3) is 3.59. The summed E-state index contributed by atoms with van der Waals surface area (Å²) in [7, 11) is 0. The van der Waals surface area contributed by atoms with Gasteiger partial charge in [-0.15, -0.1) is 5.10 Å². The van der Waals surface area contributed by atoms with Crippen LogP contribution in [0.3, 0.4) is 0 Å². The van der Waals surface area contributed by atoms with E-state index in [-0.39, 0.29) is 18.1 Å². The fourth-order valence-electron chi connectivity index (χ4n) is 2.60. The lowest BCUT2D eigenvalue weighted by Gasteiger charge is -2.29. The SMILES string of the molecule is Cc1nnsc1C(=O)NC1CCC(Oc2ccccn2)CC1. The summed E-state index contributed by atoms with van der Waals surface area (Å²) >= 11 is 1.14. The summed E-state index contributed by atoms with van der Waals surface area (Å²) in [5, 5.41) is 6.94. The molecule has 7 heteroatoms. The monoisotopic (exact) mass is 318 g/mol. The molecular weight excluding hydrogens is 300 g/mol. The van der Waals surface area contributed by atoms with Crippen molar-refractivity contribution in [2.45, 2.75) is 44.8 Å². The first kappa shape index (κ1) is 14.9. The van der Waals surface area contributed by atoms with E-state index in [1.807, 2.05) is 18.2 Å². The van der Waals surface area contributed by atoms with Gasteiger partial charge in [-0.3, -0.25) is 4.79 Å². The summed E-state index contributed by atoms with van der Waals surface area (Å²) in [6, 6.07) is 5.85. The molecule has 6 nitrogen and oxygen atoms in total. The van der Waals surface area contributed by atoms with Crippen LogP contribution >= 0.6 is 11.5 Å². The maximum absolute atomic E-state index is 12.1. The van der Waals surface area contributed by atoms with E-state index in [0.29, 0.717) is 16.5 Å². The Morgan fingerprint density at radius 2 is 2.14 bits per heavy atom. The van der Waals surface area contributed by atoms with Crippen molar-refractivity contribution in [2.24, 2.45) is 0 Å². The standard InChI is InChI=1S/C15H18N4O2S/c1-10-14(22-19-18-10)15(20)17-11-5-7-12(8-6-11)21-13-4-2-3-9-16-13/h2-4,9,11-12H,5-8H2,1H3,(H,17,20). The normalized spacial score (nSPS) is 21.3. The van der Waals surface area contributed by atoms with E-state index >= 15 is 0 Å². The van der Waals surface area contributed by atoms with Crippen molar-refractivity contribution in [3.05, 3.63) is 35.0 Å². The second-order valence-corrected chi connectivity index (χ2v) is 6.17. The molecule has 0 bridgehead atoms. The van der Waals surface area contributed by atoms with Crippen LogP contribution in [0.2, 0.25) is 0 Å². The lowest BCUT2D eigenvalue weighted by atomic mass is 9.93. The van der Waals surface area contributed by atoms with Gasteiger partial charge in [0, 0.05) is 18.3 Å². The number of aromatic nitrogens is 3. The topological polar surface area (TPSA) is 77.0 Å². The molecule has 0 atom stereocenters. The van der Waals surface area contributed by atoms with Gasteiger partial charge in [0.15, 0.2) is 0 Å². The Hall–Kier alpha value is -2.02. The second kappa shape index (κ2) is 6.83.